The summed E-state index contributed by atoms with van der Waals surface area (Å²) in [6, 6.07) is 4.85. The number of ether oxygens (including phenoxy) is 1. The van der Waals surface area contributed by atoms with Crippen LogP contribution in [0.1, 0.15) is 17.5 Å². The minimum atomic E-state index is -4.40. The summed E-state index contributed by atoms with van der Waals surface area (Å²) in [5.41, 5.74) is -0.351. The average Bonchev–Trinajstić information content (AvgIpc) is 2.69. The molecular formula is C13H14F3NO3. The van der Waals surface area contributed by atoms with E-state index in [0.29, 0.717) is 12.0 Å². The maximum absolute atomic E-state index is 12.6. The summed E-state index contributed by atoms with van der Waals surface area (Å²) in [7, 11) is 0. The Hall–Kier alpha value is -1.76. The molecule has 7 heteroatoms. The lowest BCUT2D eigenvalue weighted by Gasteiger charge is -2.14. The number of halogens is 3. The molecule has 0 spiro atoms. The highest BCUT2D eigenvalue weighted by atomic mass is 19.4. The number of benzene rings is 1. The van der Waals surface area contributed by atoms with Gasteiger partial charge in [-0.05, 0) is 17.7 Å². The molecule has 110 valence electrons. The third-order valence-electron chi connectivity index (χ3n) is 3.03. The van der Waals surface area contributed by atoms with Crippen LogP contribution in [0, 0.1) is 0 Å². The molecule has 1 heterocycles. The quantitative estimate of drug-likeness (QED) is 0.926. The van der Waals surface area contributed by atoms with Gasteiger partial charge in [-0.15, -0.1) is 0 Å². The fourth-order valence-electron chi connectivity index (χ4n) is 2.06. The SMILES string of the molecule is O=C1OC(CCO)CN1Cc1cccc(C(F)(F)F)c1. The number of nitrogens with zero attached hydrogens (tertiary/aromatic N) is 1. The second-order valence-corrected chi connectivity index (χ2v) is 4.60. The highest BCUT2D eigenvalue weighted by molar-refractivity contribution is 5.69. The Labute approximate surface area is 113 Å². The van der Waals surface area contributed by atoms with Crippen LogP contribution in [0.4, 0.5) is 18.0 Å². The summed E-state index contributed by atoms with van der Waals surface area (Å²) in [5.74, 6) is 0. The number of rotatable bonds is 4. The van der Waals surface area contributed by atoms with E-state index in [0.717, 1.165) is 12.1 Å². The van der Waals surface area contributed by atoms with Crippen LogP contribution in [0.5, 0.6) is 0 Å². The van der Waals surface area contributed by atoms with Crippen LogP contribution in [0.25, 0.3) is 0 Å². The Balaban J connectivity index is 2.05. The van der Waals surface area contributed by atoms with Gasteiger partial charge in [-0.2, -0.15) is 13.2 Å². The Morgan fingerprint density at radius 2 is 2.15 bits per heavy atom. The van der Waals surface area contributed by atoms with Crippen molar-refractivity contribution in [1.82, 2.24) is 4.90 Å². The number of amides is 1. The second-order valence-electron chi connectivity index (χ2n) is 4.60. The number of alkyl halides is 3. The van der Waals surface area contributed by atoms with Crippen molar-refractivity contribution in [2.75, 3.05) is 13.2 Å². The number of carbonyl (C=O) groups is 1. The zero-order valence-corrected chi connectivity index (χ0v) is 10.6. The number of hydrogen-bond acceptors (Lipinski definition) is 3. The molecule has 0 aliphatic carbocycles. The van der Waals surface area contributed by atoms with E-state index in [1.54, 1.807) is 0 Å². The van der Waals surface area contributed by atoms with Crippen LogP contribution in [0.15, 0.2) is 24.3 Å². The van der Waals surface area contributed by atoms with Crippen LogP contribution >= 0.6 is 0 Å². The van der Waals surface area contributed by atoms with E-state index in [1.807, 2.05) is 0 Å². The fraction of sp³-hybridized carbons (Fsp3) is 0.462. The summed E-state index contributed by atoms with van der Waals surface area (Å²) in [6.45, 7) is 0.232. The van der Waals surface area contributed by atoms with Crippen LogP contribution in [-0.2, 0) is 17.5 Å². The van der Waals surface area contributed by atoms with Crippen molar-refractivity contribution >= 4 is 6.09 Å². The number of aliphatic hydroxyl groups excluding tert-OH is 1. The number of carbonyl (C=O) groups excluding carboxylic acids is 1. The van der Waals surface area contributed by atoms with Gasteiger partial charge in [0.25, 0.3) is 0 Å². The van der Waals surface area contributed by atoms with Gasteiger partial charge in [0.15, 0.2) is 0 Å². The molecule has 1 aliphatic heterocycles. The molecule has 4 nitrogen and oxygen atoms in total. The third kappa shape index (κ3) is 3.41. The first-order valence-corrected chi connectivity index (χ1v) is 6.12. The fourth-order valence-corrected chi connectivity index (χ4v) is 2.06. The van der Waals surface area contributed by atoms with Crippen molar-refractivity contribution in [3.63, 3.8) is 0 Å². The first-order chi connectivity index (χ1) is 9.40. The van der Waals surface area contributed by atoms with E-state index in [9.17, 15) is 18.0 Å². The van der Waals surface area contributed by atoms with Gasteiger partial charge in [0, 0.05) is 19.6 Å². The second kappa shape index (κ2) is 5.70. The molecular weight excluding hydrogens is 275 g/mol. The molecule has 1 aromatic carbocycles. The zero-order valence-electron chi connectivity index (χ0n) is 10.6. The molecule has 0 aromatic heterocycles. The predicted molar refractivity (Wildman–Crippen MR) is 63.8 cm³/mol. The molecule has 1 atom stereocenters. The van der Waals surface area contributed by atoms with Crippen molar-refractivity contribution in [3.8, 4) is 0 Å². The Morgan fingerprint density at radius 3 is 2.80 bits per heavy atom. The molecule has 1 aromatic rings. The molecule has 0 saturated carbocycles. The lowest BCUT2D eigenvalue weighted by atomic mass is 10.1. The molecule has 20 heavy (non-hydrogen) atoms. The van der Waals surface area contributed by atoms with Crippen LogP contribution in [0.2, 0.25) is 0 Å². The van der Waals surface area contributed by atoms with E-state index in [2.05, 4.69) is 0 Å². The average molecular weight is 289 g/mol. The monoisotopic (exact) mass is 289 g/mol. The van der Waals surface area contributed by atoms with Crippen molar-refractivity contribution in [1.29, 1.82) is 0 Å². The first-order valence-electron chi connectivity index (χ1n) is 6.12. The minimum Gasteiger partial charge on any atom is -0.444 e. The molecule has 1 saturated heterocycles. The lowest BCUT2D eigenvalue weighted by Crippen LogP contribution is -2.25. The Morgan fingerprint density at radius 1 is 1.40 bits per heavy atom. The van der Waals surface area contributed by atoms with E-state index in [-0.39, 0.29) is 19.7 Å². The molecule has 1 fully saturated rings. The van der Waals surface area contributed by atoms with Crippen molar-refractivity contribution in [3.05, 3.63) is 35.4 Å². The van der Waals surface area contributed by atoms with E-state index in [1.165, 1.54) is 17.0 Å². The summed E-state index contributed by atoms with van der Waals surface area (Å²) >= 11 is 0. The summed E-state index contributed by atoms with van der Waals surface area (Å²) < 4.78 is 42.8. The van der Waals surface area contributed by atoms with E-state index in [4.69, 9.17) is 9.84 Å². The van der Waals surface area contributed by atoms with Gasteiger partial charge >= 0.3 is 12.3 Å². The van der Waals surface area contributed by atoms with Gasteiger partial charge in [-0.25, -0.2) is 4.79 Å². The number of aliphatic hydroxyl groups is 1. The van der Waals surface area contributed by atoms with Gasteiger partial charge in [0.1, 0.15) is 6.10 Å². The number of cyclic esters (lactones) is 1. The Kier molecular flexibility index (Phi) is 4.17. The van der Waals surface area contributed by atoms with E-state index < -0.39 is 23.9 Å². The minimum absolute atomic E-state index is 0.0602. The molecule has 0 bridgehead atoms. The standard InChI is InChI=1S/C13H14F3NO3/c14-13(15,16)10-3-1-2-9(6-10)7-17-8-11(4-5-18)20-12(17)19/h1-3,6,11,18H,4-5,7-8H2. The molecule has 1 unspecified atom stereocenters. The number of hydrogen-bond donors (Lipinski definition) is 1. The summed E-state index contributed by atoms with van der Waals surface area (Å²) in [6.07, 6.45) is -5.05. The topological polar surface area (TPSA) is 49.8 Å². The van der Waals surface area contributed by atoms with E-state index >= 15 is 0 Å². The smallest absolute Gasteiger partial charge is 0.416 e. The van der Waals surface area contributed by atoms with Gasteiger partial charge in [0.2, 0.25) is 0 Å². The van der Waals surface area contributed by atoms with Crippen LogP contribution < -0.4 is 0 Å². The van der Waals surface area contributed by atoms with Crippen LogP contribution in [-0.4, -0.2) is 35.4 Å². The molecule has 1 aliphatic rings. The third-order valence-corrected chi connectivity index (χ3v) is 3.03. The van der Waals surface area contributed by atoms with Gasteiger partial charge < -0.3 is 14.7 Å². The molecule has 0 radical (unpaired) electrons. The van der Waals surface area contributed by atoms with Gasteiger partial charge in [-0.1, -0.05) is 12.1 Å². The highest BCUT2D eigenvalue weighted by Gasteiger charge is 2.32. The highest BCUT2D eigenvalue weighted by Crippen LogP contribution is 2.30. The zero-order chi connectivity index (χ0) is 14.8. The lowest BCUT2D eigenvalue weighted by molar-refractivity contribution is -0.137. The summed E-state index contributed by atoms with van der Waals surface area (Å²) in [5, 5.41) is 8.78. The Bertz CT molecular complexity index is 490. The molecule has 2 rings (SSSR count). The maximum atomic E-state index is 12.6. The molecule has 1 amide bonds. The normalized spacial score (nSPS) is 19.3. The van der Waals surface area contributed by atoms with Crippen molar-refractivity contribution in [2.24, 2.45) is 0 Å². The predicted octanol–water partition coefficient (Wildman–Crippen LogP) is 2.41. The van der Waals surface area contributed by atoms with Crippen molar-refractivity contribution < 1.29 is 27.8 Å². The first kappa shape index (κ1) is 14.6. The molecule has 1 N–H and O–H groups in total. The summed E-state index contributed by atoms with van der Waals surface area (Å²) in [4.78, 5) is 12.9. The van der Waals surface area contributed by atoms with Gasteiger partial charge in [-0.3, -0.25) is 0 Å². The van der Waals surface area contributed by atoms with Gasteiger partial charge in [0.05, 0.1) is 12.1 Å². The van der Waals surface area contributed by atoms with Crippen molar-refractivity contribution in [2.45, 2.75) is 25.2 Å². The largest absolute Gasteiger partial charge is 0.444 e. The van der Waals surface area contributed by atoms with Crippen LogP contribution in [0.3, 0.4) is 0 Å². The maximum Gasteiger partial charge on any atom is 0.416 e.